The fraction of sp³-hybridized carbons (Fsp3) is 0.0588. The third-order valence-electron chi connectivity index (χ3n) is 3.90. The lowest BCUT2D eigenvalue weighted by Gasteiger charge is -2.16. The van der Waals surface area contributed by atoms with Crippen LogP contribution in [0.15, 0.2) is 42.5 Å². The quantitative estimate of drug-likeness (QED) is 0.544. The van der Waals surface area contributed by atoms with Gasteiger partial charge in [0.15, 0.2) is 5.78 Å². The topological polar surface area (TPSA) is 59.2 Å². The van der Waals surface area contributed by atoms with E-state index in [4.69, 9.17) is 4.74 Å². The number of aromatic nitrogens is 1. The first-order valence-corrected chi connectivity index (χ1v) is 6.59. The number of hydrogen-bond donors (Lipinski definition) is 1. The van der Waals surface area contributed by atoms with E-state index in [0.717, 1.165) is 22.0 Å². The first-order chi connectivity index (χ1) is 10.2. The molecule has 2 aromatic carbocycles. The van der Waals surface area contributed by atoms with Crippen LogP contribution in [0.3, 0.4) is 0 Å². The lowest BCUT2D eigenvalue weighted by atomic mass is 9.85. The van der Waals surface area contributed by atoms with Crippen LogP contribution in [-0.2, 0) is 4.74 Å². The summed E-state index contributed by atoms with van der Waals surface area (Å²) in [5.74, 6) is -0.449. The maximum absolute atomic E-state index is 12.6. The van der Waals surface area contributed by atoms with E-state index >= 15 is 0 Å². The van der Waals surface area contributed by atoms with Crippen LogP contribution in [0.5, 0.6) is 0 Å². The van der Waals surface area contributed by atoms with Gasteiger partial charge in [-0.2, -0.15) is 0 Å². The highest BCUT2D eigenvalue weighted by Crippen LogP contribution is 2.41. The van der Waals surface area contributed by atoms with Gasteiger partial charge in [-0.15, -0.1) is 0 Å². The second-order valence-electron chi connectivity index (χ2n) is 4.97. The number of methoxy groups -OCH3 is 1. The van der Waals surface area contributed by atoms with Gasteiger partial charge in [-0.25, -0.2) is 4.79 Å². The summed E-state index contributed by atoms with van der Waals surface area (Å²) in [7, 11) is 1.35. The molecule has 1 aliphatic rings. The Balaban J connectivity index is 2.22. The van der Waals surface area contributed by atoms with Gasteiger partial charge in [-0.3, -0.25) is 4.79 Å². The summed E-state index contributed by atoms with van der Waals surface area (Å²) in [6.45, 7) is 0. The smallest absolute Gasteiger partial charge is 0.355 e. The first-order valence-electron chi connectivity index (χ1n) is 6.59. The number of rotatable bonds is 1. The zero-order chi connectivity index (χ0) is 14.6. The summed E-state index contributed by atoms with van der Waals surface area (Å²) < 4.78 is 4.86. The molecule has 4 heteroatoms. The average Bonchev–Trinajstić information content (AvgIpc) is 2.92. The van der Waals surface area contributed by atoms with E-state index in [1.165, 1.54) is 7.11 Å². The molecule has 0 aliphatic heterocycles. The molecule has 0 saturated heterocycles. The molecular formula is C17H11NO3. The summed E-state index contributed by atoms with van der Waals surface area (Å²) in [5.41, 5.74) is 3.91. The van der Waals surface area contributed by atoms with Crippen molar-refractivity contribution in [1.82, 2.24) is 4.98 Å². The van der Waals surface area contributed by atoms with Crippen molar-refractivity contribution >= 4 is 22.7 Å². The molecule has 0 radical (unpaired) electrons. The molecule has 1 heterocycles. The second kappa shape index (κ2) is 4.06. The second-order valence-corrected chi connectivity index (χ2v) is 4.97. The maximum atomic E-state index is 12.6. The molecule has 0 unspecified atom stereocenters. The van der Waals surface area contributed by atoms with Crippen molar-refractivity contribution in [3.05, 3.63) is 59.3 Å². The van der Waals surface area contributed by atoms with Gasteiger partial charge in [-0.05, 0) is 11.6 Å². The zero-order valence-electron chi connectivity index (χ0n) is 11.3. The van der Waals surface area contributed by atoms with Crippen molar-refractivity contribution in [2.75, 3.05) is 7.11 Å². The van der Waals surface area contributed by atoms with Crippen LogP contribution in [0.25, 0.3) is 22.0 Å². The molecule has 102 valence electrons. The van der Waals surface area contributed by atoms with Gasteiger partial charge >= 0.3 is 5.97 Å². The van der Waals surface area contributed by atoms with Crippen LogP contribution < -0.4 is 0 Å². The fourth-order valence-electron chi connectivity index (χ4n) is 3.01. The van der Waals surface area contributed by atoms with E-state index in [1.54, 1.807) is 12.1 Å². The van der Waals surface area contributed by atoms with E-state index < -0.39 is 5.97 Å². The first kappa shape index (κ1) is 11.9. The molecule has 1 aliphatic carbocycles. The van der Waals surface area contributed by atoms with E-state index in [1.807, 2.05) is 30.3 Å². The largest absolute Gasteiger partial charge is 0.464 e. The summed E-state index contributed by atoms with van der Waals surface area (Å²) in [5, 5.41) is 0.793. The number of nitrogens with one attached hydrogen (secondary N) is 1. The van der Waals surface area contributed by atoms with Crippen LogP contribution in [0.1, 0.15) is 26.4 Å². The summed E-state index contributed by atoms with van der Waals surface area (Å²) >= 11 is 0. The summed E-state index contributed by atoms with van der Waals surface area (Å²) in [4.78, 5) is 27.7. The molecule has 4 rings (SSSR count). The van der Waals surface area contributed by atoms with Crippen molar-refractivity contribution in [2.45, 2.75) is 0 Å². The standard InChI is InChI=1S/C17H11NO3/c1-21-17(20)15-14-9-5-2-3-6-10(9)16(19)11-7-4-8-12(18-15)13(11)14/h2-8,18H,1H3. The predicted octanol–water partition coefficient (Wildman–Crippen LogP) is 3.17. The normalized spacial score (nSPS) is 12.3. The number of H-pyrrole nitrogens is 1. The highest BCUT2D eigenvalue weighted by atomic mass is 16.5. The molecule has 3 aromatic rings. The predicted molar refractivity (Wildman–Crippen MR) is 78.5 cm³/mol. The Kier molecular flexibility index (Phi) is 2.30. The molecule has 0 fully saturated rings. The van der Waals surface area contributed by atoms with Crippen LogP contribution in [0, 0.1) is 0 Å². The highest BCUT2D eigenvalue weighted by Gasteiger charge is 2.30. The number of esters is 1. The van der Waals surface area contributed by atoms with Gasteiger partial charge in [-0.1, -0.05) is 36.4 Å². The molecule has 0 saturated carbocycles. The van der Waals surface area contributed by atoms with Gasteiger partial charge in [0.1, 0.15) is 5.69 Å². The minimum Gasteiger partial charge on any atom is -0.464 e. The Morgan fingerprint density at radius 3 is 2.48 bits per heavy atom. The lowest BCUT2D eigenvalue weighted by molar-refractivity contribution is 0.0596. The minimum absolute atomic E-state index is 0.0147. The average molecular weight is 277 g/mol. The Hall–Kier alpha value is -2.88. The number of benzene rings is 2. The van der Waals surface area contributed by atoms with Crippen molar-refractivity contribution in [3.8, 4) is 11.1 Å². The Labute approximate surface area is 120 Å². The van der Waals surface area contributed by atoms with Gasteiger partial charge in [0.05, 0.1) is 7.11 Å². The van der Waals surface area contributed by atoms with Gasteiger partial charge in [0.25, 0.3) is 0 Å². The number of carbonyl (C=O) groups is 2. The number of aromatic amines is 1. The number of fused-ring (bicyclic) bond motifs is 2. The molecule has 1 aromatic heterocycles. The van der Waals surface area contributed by atoms with Crippen LogP contribution in [0.4, 0.5) is 0 Å². The lowest BCUT2D eigenvalue weighted by Crippen LogP contribution is -2.10. The third kappa shape index (κ3) is 1.44. The Morgan fingerprint density at radius 2 is 1.71 bits per heavy atom. The molecule has 0 bridgehead atoms. The zero-order valence-corrected chi connectivity index (χ0v) is 11.3. The number of hydrogen-bond acceptors (Lipinski definition) is 3. The molecule has 1 N–H and O–H groups in total. The van der Waals surface area contributed by atoms with Gasteiger partial charge < -0.3 is 9.72 Å². The van der Waals surface area contributed by atoms with E-state index in [2.05, 4.69) is 4.98 Å². The van der Waals surface area contributed by atoms with Crippen molar-refractivity contribution in [2.24, 2.45) is 0 Å². The molecule has 0 spiro atoms. The van der Waals surface area contributed by atoms with E-state index in [-0.39, 0.29) is 5.78 Å². The Morgan fingerprint density at radius 1 is 1.00 bits per heavy atom. The fourth-order valence-corrected chi connectivity index (χ4v) is 3.01. The monoisotopic (exact) mass is 277 g/mol. The van der Waals surface area contributed by atoms with Gasteiger partial charge in [0.2, 0.25) is 0 Å². The van der Waals surface area contributed by atoms with Crippen LogP contribution in [-0.4, -0.2) is 23.8 Å². The highest BCUT2D eigenvalue weighted by molar-refractivity contribution is 6.27. The van der Waals surface area contributed by atoms with E-state index in [9.17, 15) is 9.59 Å². The minimum atomic E-state index is -0.434. The van der Waals surface area contributed by atoms with Crippen molar-refractivity contribution in [1.29, 1.82) is 0 Å². The molecular weight excluding hydrogens is 266 g/mol. The molecule has 0 amide bonds. The maximum Gasteiger partial charge on any atom is 0.355 e. The molecule has 0 atom stereocenters. The third-order valence-corrected chi connectivity index (χ3v) is 3.90. The van der Waals surface area contributed by atoms with Crippen molar-refractivity contribution in [3.63, 3.8) is 0 Å². The van der Waals surface area contributed by atoms with Gasteiger partial charge in [0, 0.05) is 27.6 Å². The molecule has 4 nitrogen and oxygen atoms in total. The SMILES string of the molecule is COC(=O)c1[nH]c2cccc3c2c1-c1ccccc1C3=O. The Bertz CT molecular complexity index is 921. The van der Waals surface area contributed by atoms with Crippen LogP contribution >= 0.6 is 0 Å². The number of ketones is 1. The van der Waals surface area contributed by atoms with Crippen molar-refractivity contribution < 1.29 is 14.3 Å². The number of ether oxygens (including phenoxy) is 1. The van der Waals surface area contributed by atoms with Crippen LogP contribution in [0.2, 0.25) is 0 Å². The number of carbonyl (C=O) groups excluding carboxylic acids is 2. The van der Waals surface area contributed by atoms with E-state index in [0.29, 0.717) is 16.8 Å². The summed E-state index contributed by atoms with van der Waals surface area (Å²) in [6, 6.07) is 12.8. The summed E-state index contributed by atoms with van der Waals surface area (Å²) in [6.07, 6.45) is 0. The molecule has 21 heavy (non-hydrogen) atoms.